The lowest BCUT2D eigenvalue weighted by molar-refractivity contribution is -0.122. The van der Waals surface area contributed by atoms with E-state index in [0.29, 0.717) is 15.7 Å². The molecular weight excluding hydrogens is 369 g/mol. The van der Waals surface area contributed by atoms with Crippen LogP contribution in [0.5, 0.6) is 0 Å². The molecule has 5 rings (SSSR count). The van der Waals surface area contributed by atoms with Gasteiger partial charge in [0.25, 0.3) is 0 Å². The third-order valence-electron chi connectivity index (χ3n) is 6.44. The van der Waals surface area contributed by atoms with E-state index in [1.54, 1.807) is 18.2 Å². The molecule has 26 heavy (non-hydrogen) atoms. The number of carbonyl (C=O) groups is 2. The first-order valence-corrected chi connectivity index (χ1v) is 10.1. The number of allylic oxidation sites excluding steroid dienone is 4. The second-order valence-corrected chi connectivity index (χ2v) is 8.53. The molecule has 5 heteroatoms. The second-order valence-electron chi connectivity index (χ2n) is 7.72. The van der Waals surface area contributed by atoms with Crippen LogP contribution in [0.1, 0.15) is 32.1 Å². The molecule has 0 N–H and O–H groups in total. The summed E-state index contributed by atoms with van der Waals surface area (Å²) in [5.41, 5.74) is 3.41. The number of anilines is 1. The summed E-state index contributed by atoms with van der Waals surface area (Å²) in [5, 5.41) is 0.772. The quantitative estimate of drug-likeness (QED) is 0.491. The Morgan fingerprint density at radius 3 is 2.04 bits per heavy atom. The molecule has 3 fully saturated rings. The van der Waals surface area contributed by atoms with Crippen LogP contribution >= 0.6 is 23.2 Å². The minimum absolute atomic E-state index is 0.0934. The molecule has 1 aliphatic heterocycles. The van der Waals surface area contributed by atoms with Crippen LogP contribution in [0.2, 0.25) is 10.0 Å². The Labute approximate surface area is 162 Å². The van der Waals surface area contributed by atoms with Gasteiger partial charge in [-0.3, -0.25) is 9.59 Å². The molecule has 0 aromatic heterocycles. The van der Waals surface area contributed by atoms with Crippen LogP contribution in [0.3, 0.4) is 0 Å². The van der Waals surface area contributed by atoms with Crippen LogP contribution in [0.4, 0.5) is 5.69 Å². The molecule has 0 radical (unpaired) electrons. The van der Waals surface area contributed by atoms with Crippen molar-refractivity contribution in [3.8, 4) is 0 Å². The Hall–Kier alpha value is -1.58. The molecule has 0 spiro atoms. The minimum atomic E-state index is -0.253. The van der Waals surface area contributed by atoms with Crippen LogP contribution in [0.25, 0.3) is 0 Å². The number of hydrogen-bond acceptors (Lipinski definition) is 2. The molecule has 2 amide bonds. The van der Waals surface area contributed by atoms with Crippen molar-refractivity contribution in [2.24, 2.45) is 23.7 Å². The standard InChI is InChI=1S/C21H19Cl2NO2/c22-15-9-6-12(10-16(15)23)24-20(25)18-13-7-8-14(19(18)21(24)26)17(13)11-4-2-1-3-5-11/h6-10,13-14,18-19H,1-5H2/t13-,14-,18-,19+/m0/s1. The summed E-state index contributed by atoms with van der Waals surface area (Å²) >= 11 is 12.1. The van der Waals surface area contributed by atoms with E-state index < -0.39 is 0 Å². The van der Waals surface area contributed by atoms with Crippen molar-refractivity contribution in [3.63, 3.8) is 0 Å². The van der Waals surface area contributed by atoms with Crippen molar-refractivity contribution in [1.82, 2.24) is 0 Å². The summed E-state index contributed by atoms with van der Waals surface area (Å²) in [4.78, 5) is 27.7. The zero-order valence-electron chi connectivity index (χ0n) is 14.3. The van der Waals surface area contributed by atoms with Gasteiger partial charge < -0.3 is 0 Å². The highest BCUT2D eigenvalue weighted by molar-refractivity contribution is 6.42. The van der Waals surface area contributed by atoms with Gasteiger partial charge in [-0.2, -0.15) is 0 Å². The van der Waals surface area contributed by atoms with Crippen molar-refractivity contribution in [3.05, 3.63) is 51.5 Å². The average Bonchev–Trinajstić information content (AvgIpc) is 3.28. The van der Waals surface area contributed by atoms with Crippen LogP contribution in [0, 0.1) is 23.7 Å². The molecule has 1 aromatic carbocycles. The fourth-order valence-corrected chi connectivity index (χ4v) is 5.67. The Balaban J connectivity index is 1.53. The number of carbonyl (C=O) groups excluding carboxylic acids is 2. The zero-order valence-corrected chi connectivity index (χ0v) is 15.8. The molecule has 3 aliphatic carbocycles. The van der Waals surface area contributed by atoms with Gasteiger partial charge in [-0.15, -0.1) is 0 Å². The Morgan fingerprint density at radius 1 is 0.846 bits per heavy atom. The van der Waals surface area contributed by atoms with Crippen LogP contribution in [-0.2, 0) is 9.59 Å². The highest BCUT2D eigenvalue weighted by atomic mass is 35.5. The molecule has 2 saturated carbocycles. The molecule has 4 atom stereocenters. The topological polar surface area (TPSA) is 37.4 Å². The molecule has 1 aromatic rings. The van der Waals surface area contributed by atoms with E-state index in [0.717, 1.165) is 12.8 Å². The fourth-order valence-electron chi connectivity index (χ4n) is 5.38. The maximum atomic E-state index is 13.2. The van der Waals surface area contributed by atoms with Crippen LogP contribution in [0.15, 0.2) is 41.5 Å². The lowest BCUT2D eigenvalue weighted by atomic mass is 9.85. The van der Waals surface area contributed by atoms with Gasteiger partial charge in [-0.1, -0.05) is 52.9 Å². The summed E-state index contributed by atoms with van der Waals surface area (Å²) in [6.07, 6.45) is 10.3. The van der Waals surface area contributed by atoms with E-state index in [4.69, 9.17) is 23.2 Å². The van der Waals surface area contributed by atoms with Gasteiger partial charge in [0.05, 0.1) is 27.6 Å². The largest absolute Gasteiger partial charge is 0.274 e. The van der Waals surface area contributed by atoms with Crippen molar-refractivity contribution >= 4 is 40.7 Å². The first kappa shape index (κ1) is 16.6. The Bertz CT molecular complexity index is 846. The van der Waals surface area contributed by atoms with E-state index in [1.165, 1.54) is 35.3 Å². The summed E-state index contributed by atoms with van der Waals surface area (Å²) in [6.45, 7) is 0. The number of halogens is 2. The number of nitrogens with zero attached hydrogens (tertiary/aromatic N) is 1. The molecule has 3 nitrogen and oxygen atoms in total. The number of rotatable bonds is 1. The number of hydrogen-bond donors (Lipinski definition) is 0. The number of amides is 2. The SMILES string of the molecule is O=C1[C@@H]2[C@H](C(=O)N1c1ccc(Cl)c(Cl)c1)[C@H]1C=C[C@H]2C1=C1CCCCC1. The van der Waals surface area contributed by atoms with Crippen molar-refractivity contribution in [2.45, 2.75) is 32.1 Å². The fraction of sp³-hybridized carbons (Fsp3) is 0.429. The van der Waals surface area contributed by atoms with Crippen molar-refractivity contribution in [2.75, 3.05) is 4.90 Å². The molecule has 4 aliphatic rings. The third-order valence-corrected chi connectivity index (χ3v) is 7.18. The number of imide groups is 1. The van der Waals surface area contributed by atoms with E-state index in [2.05, 4.69) is 12.2 Å². The molecule has 0 unspecified atom stereocenters. The summed E-state index contributed by atoms with van der Waals surface area (Å²) in [7, 11) is 0. The van der Waals surface area contributed by atoms with Crippen LogP contribution in [-0.4, -0.2) is 11.8 Å². The molecule has 1 saturated heterocycles. The van der Waals surface area contributed by atoms with Gasteiger partial charge in [0.2, 0.25) is 11.8 Å². The molecule has 134 valence electrons. The van der Waals surface area contributed by atoms with E-state index >= 15 is 0 Å². The van der Waals surface area contributed by atoms with Gasteiger partial charge in [0.15, 0.2) is 0 Å². The van der Waals surface area contributed by atoms with E-state index in [-0.39, 0.29) is 35.5 Å². The lowest BCUT2D eigenvalue weighted by Gasteiger charge is -2.23. The maximum absolute atomic E-state index is 13.2. The van der Waals surface area contributed by atoms with Gasteiger partial charge >= 0.3 is 0 Å². The van der Waals surface area contributed by atoms with Crippen LogP contribution < -0.4 is 4.90 Å². The van der Waals surface area contributed by atoms with Gasteiger partial charge in [0, 0.05) is 11.8 Å². The Kier molecular flexibility index (Phi) is 3.81. The minimum Gasteiger partial charge on any atom is -0.274 e. The molecule has 1 heterocycles. The van der Waals surface area contributed by atoms with Gasteiger partial charge in [0.1, 0.15) is 0 Å². The smallest absolute Gasteiger partial charge is 0.238 e. The van der Waals surface area contributed by atoms with Crippen molar-refractivity contribution < 1.29 is 9.59 Å². The number of benzene rings is 1. The monoisotopic (exact) mass is 387 g/mol. The van der Waals surface area contributed by atoms with E-state index in [1.807, 2.05) is 0 Å². The summed E-state index contributed by atoms with van der Waals surface area (Å²) in [5.74, 6) is -0.495. The first-order valence-electron chi connectivity index (χ1n) is 9.31. The van der Waals surface area contributed by atoms with Gasteiger partial charge in [-0.25, -0.2) is 4.90 Å². The Morgan fingerprint density at radius 2 is 1.46 bits per heavy atom. The third kappa shape index (κ3) is 2.20. The van der Waals surface area contributed by atoms with E-state index in [9.17, 15) is 9.59 Å². The molecule has 2 bridgehead atoms. The predicted octanol–water partition coefficient (Wildman–Crippen LogP) is 5.18. The molecular formula is C21H19Cl2NO2. The van der Waals surface area contributed by atoms with Crippen molar-refractivity contribution in [1.29, 1.82) is 0 Å². The highest BCUT2D eigenvalue weighted by Crippen LogP contribution is 2.58. The first-order chi connectivity index (χ1) is 12.6. The lowest BCUT2D eigenvalue weighted by Crippen LogP contribution is -2.33. The van der Waals surface area contributed by atoms with Gasteiger partial charge in [-0.05, 0) is 43.9 Å². The maximum Gasteiger partial charge on any atom is 0.238 e. The summed E-state index contributed by atoms with van der Waals surface area (Å²) < 4.78 is 0. The average molecular weight is 388 g/mol. The normalized spacial score (nSPS) is 32.8. The zero-order chi connectivity index (χ0) is 18.0. The highest BCUT2D eigenvalue weighted by Gasteiger charge is 2.62. The summed E-state index contributed by atoms with van der Waals surface area (Å²) in [6, 6.07) is 4.94. The number of fused-ring (bicyclic) bond motifs is 5. The predicted molar refractivity (Wildman–Crippen MR) is 102 cm³/mol. The second kappa shape index (κ2) is 5.97.